The van der Waals surface area contributed by atoms with Gasteiger partial charge in [0.2, 0.25) is 0 Å². The summed E-state index contributed by atoms with van der Waals surface area (Å²) < 4.78 is 0. The van der Waals surface area contributed by atoms with Crippen LogP contribution in [0.25, 0.3) is 0 Å². The molecule has 2 atom stereocenters. The molecule has 0 spiro atoms. The summed E-state index contributed by atoms with van der Waals surface area (Å²) in [5.74, 6) is 0.744. The molecule has 0 bridgehead atoms. The Labute approximate surface area is 85.5 Å². The highest BCUT2D eigenvalue weighted by Gasteiger charge is 2.31. The zero-order valence-corrected chi connectivity index (χ0v) is 8.45. The first-order valence-corrected chi connectivity index (χ1v) is 5.69. The highest BCUT2D eigenvalue weighted by Crippen LogP contribution is 2.37. The van der Waals surface area contributed by atoms with Crippen LogP contribution in [0.5, 0.6) is 0 Å². The van der Waals surface area contributed by atoms with E-state index in [1.165, 1.54) is 25.7 Å². The van der Waals surface area contributed by atoms with Crippen molar-refractivity contribution in [3.05, 3.63) is 35.4 Å². The molecule has 1 aromatic carbocycles. The Hall–Kier alpha value is -0.820. The first-order chi connectivity index (χ1) is 6.95. The number of rotatable bonds is 0. The SMILES string of the molecule is c1ccc2c(c1)CCC1[N]CCCC21. The summed E-state index contributed by atoms with van der Waals surface area (Å²) in [6.07, 6.45) is 5.16. The number of hydrogen-bond acceptors (Lipinski definition) is 0. The van der Waals surface area contributed by atoms with E-state index < -0.39 is 0 Å². The fourth-order valence-electron chi connectivity index (χ4n) is 2.97. The van der Waals surface area contributed by atoms with Gasteiger partial charge in [-0.15, -0.1) is 0 Å². The molecule has 1 aliphatic carbocycles. The van der Waals surface area contributed by atoms with Crippen LogP contribution in [0.15, 0.2) is 24.3 Å². The van der Waals surface area contributed by atoms with E-state index in [2.05, 4.69) is 24.3 Å². The number of hydrogen-bond donors (Lipinski definition) is 0. The van der Waals surface area contributed by atoms with Gasteiger partial charge in [0.15, 0.2) is 0 Å². The van der Waals surface area contributed by atoms with Gasteiger partial charge >= 0.3 is 0 Å². The molecule has 2 aliphatic rings. The van der Waals surface area contributed by atoms with Gasteiger partial charge in [-0.2, -0.15) is 0 Å². The smallest absolute Gasteiger partial charge is 0.0317 e. The highest BCUT2D eigenvalue weighted by atomic mass is 14.9. The van der Waals surface area contributed by atoms with Crippen molar-refractivity contribution in [2.75, 3.05) is 6.54 Å². The maximum atomic E-state index is 4.75. The Balaban J connectivity index is 1.99. The van der Waals surface area contributed by atoms with Crippen LogP contribution in [0.4, 0.5) is 0 Å². The molecule has 1 nitrogen and oxygen atoms in total. The molecule has 1 saturated heterocycles. The molecular weight excluding hydrogens is 170 g/mol. The number of fused-ring (bicyclic) bond motifs is 3. The Morgan fingerprint density at radius 3 is 3.07 bits per heavy atom. The largest absolute Gasteiger partial charge is 0.238 e. The summed E-state index contributed by atoms with van der Waals surface area (Å²) in [5.41, 5.74) is 3.16. The lowest BCUT2D eigenvalue weighted by molar-refractivity contribution is 0.313. The zero-order chi connectivity index (χ0) is 9.38. The Morgan fingerprint density at radius 1 is 1.14 bits per heavy atom. The number of nitrogens with zero attached hydrogens (tertiary/aromatic N) is 1. The van der Waals surface area contributed by atoms with Gasteiger partial charge < -0.3 is 0 Å². The molecule has 2 unspecified atom stereocenters. The van der Waals surface area contributed by atoms with Gasteiger partial charge in [0, 0.05) is 18.5 Å². The van der Waals surface area contributed by atoms with E-state index in [9.17, 15) is 0 Å². The maximum Gasteiger partial charge on any atom is 0.0317 e. The van der Waals surface area contributed by atoms with Crippen molar-refractivity contribution < 1.29 is 0 Å². The molecule has 73 valence electrons. The van der Waals surface area contributed by atoms with Gasteiger partial charge in [-0.3, -0.25) is 0 Å². The molecule has 0 aromatic heterocycles. The van der Waals surface area contributed by atoms with Crippen LogP contribution in [0.3, 0.4) is 0 Å². The van der Waals surface area contributed by atoms with Crippen molar-refractivity contribution in [2.45, 2.75) is 37.6 Å². The summed E-state index contributed by atoms with van der Waals surface area (Å²) in [5, 5.41) is 4.75. The highest BCUT2D eigenvalue weighted by molar-refractivity contribution is 5.34. The van der Waals surface area contributed by atoms with E-state index in [0.29, 0.717) is 6.04 Å². The van der Waals surface area contributed by atoms with Gasteiger partial charge in [-0.05, 0) is 36.8 Å². The second-order valence-corrected chi connectivity index (χ2v) is 4.46. The molecule has 0 saturated carbocycles. The van der Waals surface area contributed by atoms with Crippen molar-refractivity contribution in [3.63, 3.8) is 0 Å². The van der Waals surface area contributed by atoms with E-state index in [1.54, 1.807) is 11.1 Å². The second-order valence-electron chi connectivity index (χ2n) is 4.46. The van der Waals surface area contributed by atoms with Crippen LogP contribution in [0.2, 0.25) is 0 Å². The van der Waals surface area contributed by atoms with E-state index in [-0.39, 0.29) is 0 Å². The Kier molecular flexibility index (Phi) is 2.06. The average Bonchev–Trinajstić information content (AvgIpc) is 2.29. The molecule has 3 rings (SSSR count). The third-order valence-corrected chi connectivity index (χ3v) is 3.67. The molecule has 1 aliphatic heterocycles. The summed E-state index contributed by atoms with van der Waals surface area (Å²) in [7, 11) is 0. The molecule has 1 radical (unpaired) electrons. The lowest BCUT2D eigenvalue weighted by Gasteiger charge is -2.36. The molecule has 1 heteroatoms. The molecule has 0 N–H and O–H groups in total. The summed E-state index contributed by atoms with van der Waals surface area (Å²) in [6.45, 7) is 1.10. The van der Waals surface area contributed by atoms with E-state index in [0.717, 1.165) is 12.5 Å². The van der Waals surface area contributed by atoms with Crippen LogP contribution >= 0.6 is 0 Å². The third kappa shape index (κ3) is 1.27. The van der Waals surface area contributed by atoms with Crippen molar-refractivity contribution in [1.82, 2.24) is 5.32 Å². The molecule has 1 aromatic rings. The Morgan fingerprint density at radius 2 is 2.07 bits per heavy atom. The van der Waals surface area contributed by atoms with Crippen LogP contribution in [0, 0.1) is 0 Å². The normalized spacial score (nSPS) is 30.6. The number of piperidine rings is 1. The maximum absolute atomic E-state index is 4.75. The van der Waals surface area contributed by atoms with Crippen molar-refractivity contribution in [1.29, 1.82) is 0 Å². The van der Waals surface area contributed by atoms with E-state index in [1.807, 2.05) is 0 Å². The fraction of sp³-hybridized carbons (Fsp3) is 0.538. The molecular formula is C13H16N. The zero-order valence-electron chi connectivity index (χ0n) is 8.45. The first-order valence-electron chi connectivity index (χ1n) is 5.69. The minimum Gasteiger partial charge on any atom is -0.238 e. The van der Waals surface area contributed by atoms with Crippen molar-refractivity contribution in [2.24, 2.45) is 0 Å². The van der Waals surface area contributed by atoms with E-state index >= 15 is 0 Å². The second kappa shape index (κ2) is 3.39. The minimum atomic E-state index is 0.638. The van der Waals surface area contributed by atoms with Gasteiger partial charge in [0.05, 0.1) is 0 Å². The average molecular weight is 186 g/mol. The monoisotopic (exact) mass is 186 g/mol. The standard InChI is InChI=1S/C13H16N/c1-2-5-11-10(4-1)7-8-13-12(11)6-3-9-14-13/h1-2,4-5,12-13H,3,6-9H2. The Bertz CT molecular complexity index is 332. The van der Waals surface area contributed by atoms with Gasteiger partial charge in [-0.25, -0.2) is 5.32 Å². The third-order valence-electron chi connectivity index (χ3n) is 3.67. The minimum absolute atomic E-state index is 0.638. The predicted molar refractivity (Wildman–Crippen MR) is 57.5 cm³/mol. The van der Waals surface area contributed by atoms with Crippen molar-refractivity contribution in [3.8, 4) is 0 Å². The summed E-state index contributed by atoms with van der Waals surface area (Å²) >= 11 is 0. The van der Waals surface area contributed by atoms with Crippen molar-refractivity contribution >= 4 is 0 Å². The van der Waals surface area contributed by atoms with Crippen LogP contribution in [-0.4, -0.2) is 12.6 Å². The summed E-state index contributed by atoms with van der Waals surface area (Å²) in [4.78, 5) is 0. The predicted octanol–water partition coefficient (Wildman–Crippen LogP) is 2.48. The van der Waals surface area contributed by atoms with Crippen LogP contribution in [0.1, 0.15) is 36.3 Å². The summed E-state index contributed by atoms with van der Waals surface area (Å²) in [6, 6.07) is 9.58. The van der Waals surface area contributed by atoms with Crippen LogP contribution < -0.4 is 5.32 Å². The number of benzene rings is 1. The van der Waals surface area contributed by atoms with Gasteiger partial charge in [0.1, 0.15) is 0 Å². The molecule has 14 heavy (non-hydrogen) atoms. The molecule has 0 amide bonds. The number of aryl methyl sites for hydroxylation is 1. The van der Waals surface area contributed by atoms with Gasteiger partial charge in [-0.1, -0.05) is 24.3 Å². The molecule has 1 fully saturated rings. The quantitative estimate of drug-likeness (QED) is 0.591. The molecule has 1 heterocycles. The lowest BCUT2D eigenvalue weighted by Crippen LogP contribution is -2.38. The lowest BCUT2D eigenvalue weighted by atomic mass is 9.75. The van der Waals surface area contributed by atoms with E-state index in [4.69, 9.17) is 5.32 Å². The van der Waals surface area contributed by atoms with Gasteiger partial charge in [0.25, 0.3) is 0 Å². The fourth-order valence-corrected chi connectivity index (χ4v) is 2.97. The first kappa shape index (κ1) is 8.49. The van der Waals surface area contributed by atoms with Crippen LogP contribution in [-0.2, 0) is 6.42 Å². The topological polar surface area (TPSA) is 14.1 Å².